The van der Waals surface area contributed by atoms with Gasteiger partial charge >= 0.3 is 0 Å². The van der Waals surface area contributed by atoms with Crippen LogP contribution >= 0.6 is 12.2 Å². The second-order valence-corrected chi connectivity index (χ2v) is 4.33. The van der Waals surface area contributed by atoms with Crippen molar-refractivity contribution < 1.29 is 4.39 Å². The Kier molecular flexibility index (Phi) is 3.57. The lowest BCUT2D eigenvalue weighted by Crippen LogP contribution is -2.10. The van der Waals surface area contributed by atoms with Gasteiger partial charge in [0.15, 0.2) is 0 Å². The number of benzene rings is 1. The molecule has 1 aromatic carbocycles. The lowest BCUT2D eigenvalue weighted by Gasteiger charge is -2.07. The molecule has 3 N–H and O–H groups in total. The molecule has 0 radical (unpaired) electrons. The van der Waals surface area contributed by atoms with Gasteiger partial charge in [0.25, 0.3) is 0 Å². The fraction of sp³-hybridized carbons (Fsp3) is 0.167. The van der Waals surface area contributed by atoms with Crippen molar-refractivity contribution in [2.75, 3.05) is 5.32 Å². The molecule has 0 saturated heterocycles. The quantitative estimate of drug-likeness (QED) is 0.827. The van der Waals surface area contributed by atoms with Crippen LogP contribution in [0.15, 0.2) is 30.5 Å². The highest BCUT2D eigenvalue weighted by molar-refractivity contribution is 7.80. The van der Waals surface area contributed by atoms with Crippen LogP contribution < -0.4 is 11.1 Å². The molecule has 18 heavy (non-hydrogen) atoms. The molecule has 94 valence electrons. The molecule has 0 saturated carbocycles. The second kappa shape index (κ2) is 5.14. The molecule has 4 nitrogen and oxygen atoms in total. The van der Waals surface area contributed by atoms with Crippen molar-refractivity contribution in [2.24, 2.45) is 12.8 Å². The summed E-state index contributed by atoms with van der Waals surface area (Å²) < 4.78 is 15.4. The van der Waals surface area contributed by atoms with Gasteiger partial charge in [-0.05, 0) is 24.3 Å². The van der Waals surface area contributed by atoms with Crippen LogP contribution in [0.25, 0.3) is 0 Å². The summed E-state index contributed by atoms with van der Waals surface area (Å²) in [6.45, 7) is 0.462. The third kappa shape index (κ3) is 2.84. The van der Waals surface area contributed by atoms with Crippen molar-refractivity contribution in [3.63, 3.8) is 0 Å². The second-order valence-electron chi connectivity index (χ2n) is 3.89. The first-order valence-electron chi connectivity index (χ1n) is 5.38. The predicted octanol–water partition coefficient (Wildman–Crippen LogP) is 1.81. The van der Waals surface area contributed by atoms with Crippen molar-refractivity contribution in [3.05, 3.63) is 47.5 Å². The van der Waals surface area contributed by atoms with Crippen LogP contribution in [0.4, 0.5) is 10.1 Å². The molecular weight excluding hydrogens is 251 g/mol. The monoisotopic (exact) mass is 264 g/mol. The largest absolute Gasteiger partial charge is 0.389 e. The summed E-state index contributed by atoms with van der Waals surface area (Å²) >= 11 is 4.79. The lowest BCUT2D eigenvalue weighted by molar-refractivity contribution is 0.629. The van der Waals surface area contributed by atoms with E-state index in [2.05, 4.69) is 10.4 Å². The number of nitrogens with two attached hydrogens (primary N) is 1. The molecule has 0 aliphatic heterocycles. The summed E-state index contributed by atoms with van der Waals surface area (Å²) in [5.74, 6) is -0.378. The van der Waals surface area contributed by atoms with Gasteiger partial charge in [-0.3, -0.25) is 4.68 Å². The van der Waals surface area contributed by atoms with Gasteiger partial charge in [0.2, 0.25) is 0 Å². The number of aryl methyl sites for hydroxylation is 1. The van der Waals surface area contributed by atoms with E-state index in [1.165, 1.54) is 6.07 Å². The zero-order valence-corrected chi connectivity index (χ0v) is 10.7. The van der Waals surface area contributed by atoms with Crippen molar-refractivity contribution in [2.45, 2.75) is 6.54 Å². The molecule has 1 heterocycles. The smallest absolute Gasteiger partial charge is 0.146 e. The first-order chi connectivity index (χ1) is 8.56. The summed E-state index contributed by atoms with van der Waals surface area (Å²) in [5, 5.41) is 7.17. The zero-order valence-electron chi connectivity index (χ0n) is 9.85. The molecular formula is C12H13FN4S. The van der Waals surface area contributed by atoms with Crippen molar-refractivity contribution in [1.29, 1.82) is 0 Å². The number of anilines is 1. The molecule has 0 spiro atoms. The number of hydrogen-bond acceptors (Lipinski definition) is 3. The van der Waals surface area contributed by atoms with Crippen molar-refractivity contribution in [3.8, 4) is 0 Å². The first kappa shape index (κ1) is 12.5. The van der Waals surface area contributed by atoms with E-state index in [0.717, 1.165) is 5.69 Å². The normalized spacial score (nSPS) is 10.3. The van der Waals surface area contributed by atoms with Gasteiger partial charge < -0.3 is 11.1 Å². The Bertz CT molecular complexity index is 579. The predicted molar refractivity (Wildman–Crippen MR) is 72.8 cm³/mol. The van der Waals surface area contributed by atoms with Crippen LogP contribution in [-0.2, 0) is 13.6 Å². The van der Waals surface area contributed by atoms with Gasteiger partial charge in [0, 0.05) is 18.8 Å². The molecule has 0 bridgehead atoms. The number of aromatic nitrogens is 2. The molecule has 6 heteroatoms. The third-order valence-corrected chi connectivity index (χ3v) is 2.72. The topological polar surface area (TPSA) is 55.9 Å². The average molecular weight is 264 g/mol. The highest BCUT2D eigenvalue weighted by Crippen LogP contribution is 2.16. The molecule has 2 rings (SSSR count). The Hall–Kier alpha value is -1.95. The van der Waals surface area contributed by atoms with E-state index in [9.17, 15) is 4.39 Å². The van der Waals surface area contributed by atoms with Crippen LogP contribution in [0.1, 0.15) is 11.3 Å². The lowest BCUT2D eigenvalue weighted by atomic mass is 10.2. The molecule has 2 aromatic rings. The minimum absolute atomic E-state index is 0.185. The number of nitrogens with zero attached hydrogens (tertiary/aromatic N) is 2. The zero-order chi connectivity index (χ0) is 13.1. The Morgan fingerprint density at radius 2 is 2.28 bits per heavy atom. The minimum atomic E-state index is -0.378. The SMILES string of the molecule is Cn1ccc(CNc2ccc(C(N)=S)cc2F)n1. The van der Waals surface area contributed by atoms with E-state index in [1.807, 2.05) is 19.3 Å². The summed E-state index contributed by atoms with van der Waals surface area (Å²) in [6, 6.07) is 6.50. The van der Waals surface area contributed by atoms with Gasteiger partial charge in [-0.25, -0.2) is 4.39 Å². The molecule has 0 aliphatic rings. The summed E-state index contributed by atoms with van der Waals surface area (Å²) in [5.41, 5.74) is 7.20. The standard InChI is InChI=1S/C12H13FN4S/c1-17-5-4-9(16-17)7-15-11-3-2-8(12(14)18)6-10(11)13/h2-6,15H,7H2,1H3,(H2,14,18). The Balaban J connectivity index is 2.08. The van der Waals surface area contributed by atoms with Crippen molar-refractivity contribution in [1.82, 2.24) is 9.78 Å². The maximum atomic E-state index is 13.7. The Morgan fingerprint density at radius 1 is 1.50 bits per heavy atom. The van der Waals surface area contributed by atoms with Gasteiger partial charge in [0.1, 0.15) is 10.8 Å². The van der Waals surface area contributed by atoms with Crippen LogP contribution in [0.5, 0.6) is 0 Å². The van der Waals surface area contributed by atoms with Crippen LogP contribution in [0.3, 0.4) is 0 Å². The fourth-order valence-electron chi connectivity index (χ4n) is 1.55. The number of halogens is 1. The van der Waals surface area contributed by atoms with Gasteiger partial charge in [-0.15, -0.1) is 0 Å². The van der Waals surface area contributed by atoms with Crippen LogP contribution in [0.2, 0.25) is 0 Å². The molecule has 1 aromatic heterocycles. The maximum absolute atomic E-state index is 13.7. The number of nitrogens with one attached hydrogen (secondary N) is 1. The van der Waals surface area contributed by atoms with Gasteiger partial charge in [0.05, 0.1) is 17.9 Å². The Labute approximate surface area is 110 Å². The molecule has 0 fully saturated rings. The average Bonchev–Trinajstić information content (AvgIpc) is 2.73. The summed E-state index contributed by atoms with van der Waals surface area (Å²) in [7, 11) is 1.83. The molecule has 0 aliphatic carbocycles. The summed E-state index contributed by atoms with van der Waals surface area (Å²) in [6.07, 6.45) is 1.84. The van der Waals surface area contributed by atoms with Crippen LogP contribution in [0, 0.1) is 5.82 Å². The van der Waals surface area contributed by atoms with E-state index < -0.39 is 0 Å². The van der Waals surface area contributed by atoms with E-state index in [0.29, 0.717) is 17.8 Å². The van der Waals surface area contributed by atoms with E-state index in [4.69, 9.17) is 18.0 Å². The first-order valence-corrected chi connectivity index (χ1v) is 5.79. The maximum Gasteiger partial charge on any atom is 0.146 e. The van der Waals surface area contributed by atoms with Gasteiger partial charge in [-0.1, -0.05) is 12.2 Å². The highest BCUT2D eigenvalue weighted by atomic mass is 32.1. The Morgan fingerprint density at radius 3 is 2.83 bits per heavy atom. The molecule has 0 atom stereocenters. The summed E-state index contributed by atoms with van der Waals surface area (Å²) in [4.78, 5) is 0.185. The van der Waals surface area contributed by atoms with Crippen LogP contribution in [-0.4, -0.2) is 14.8 Å². The fourth-order valence-corrected chi connectivity index (χ4v) is 1.68. The number of hydrogen-bond donors (Lipinski definition) is 2. The van der Waals surface area contributed by atoms with E-state index in [-0.39, 0.29) is 10.8 Å². The molecule has 0 unspecified atom stereocenters. The van der Waals surface area contributed by atoms with Gasteiger partial charge in [-0.2, -0.15) is 5.10 Å². The number of rotatable bonds is 4. The van der Waals surface area contributed by atoms with E-state index in [1.54, 1.807) is 16.8 Å². The van der Waals surface area contributed by atoms with Crippen molar-refractivity contribution >= 4 is 22.9 Å². The third-order valence-electron chi connectivity index (χ3n) is 2.48. The highest BCUT2D eigenvalue weighted by Gasteiger charge is 2.05. The van der Waals surface area contributed by atoms with E-state index >= 15 is 0 Å². The number of thiocarbonyl (C=S) groups is 1. The molecule has 0 amide bonds. The minimum Gasteiger partial charge on any atom is -0.389 e.